The first kappa shape index (κ1) is 12.5. The van der Waals surface area contributed by atoms with Crippen LogP contribution in [0.15, 0.2) is 0 Å². The monoisotopic (exact) mass is 214 g/mol. The summed E-state index contributed by atoms with van der Waals surface area (Å²) in [5, 5.41) is 8.69. The van der Waals surface area contributed by atoms with Gasteiger partial charge in [-0.1, -0.05) is 6.92 Å². The van der Waals surface area contributed by atoms with Gasteiger partial charge in [-0.2, -0.15) is 0 Å². The first-order valence-corrected chi connectivity index (χ1v) is 5.74. The molecule has 4 heteroatoms. The number of likely N-dealkylation sites (tertiary alicyclic amines) is 1. The van der Waals surface area contributed by atoms with Crippen LogP contribution in [-0.4, -0.2) is 41.1 Å². The number of hydrogen-bond acceptors (Lipinski definition) is 3. The Labute approximate surface area is 91.4 Å². The van der Waals surface area contributed by atoms with E-state index >= 15 is 0 Å². The first-order valence-electron chi connectivity index (χ1n) is 5.74. The van der Waals surface area contributed by atoms with Crippen molar-refractivity contribution in [2.75, 3.05) is 13.1 Å². The molecule has 1 aliphatic rings. The lowest BCUT2D eigenvalue weighted by atomic mass is 9.92. The smallest absolute Gasteiger partial charge is 0.320 e. The minimum atomic E-state index is -0.896. The second-order valence-electron chi connectivity index (χ2n) is 4.63. The van der Waals surface area contributed by atoms with Gasteiger partial charge < -0.3 is 15.7 Å². The van der Waals surface area contributed by atoms with E-state index in [1.54, 1.807) is 0 Å². The van der Waals surface area contributed by atoms with Crippen LogP contribution in [0.4, 0.5) is 0 Å². The zero-order valence-corrected chi connectivity index (χ0v) is 9.65. The predicted octanol–water partition coefficient (Wildman–Crippen LogP) is 0.909. The van der Waals surface area contributed by atoms with Gasteiger partial charge in [-0.3, -0.25) is 4.79 Å². The van der Waals surface area contributed by atoms with Crippen molar-refractivity contribution in [3.63, 3.8) is 0 Å². The number of aliphatic carboxylic acids is 1. The highest BCUT2D eigenvalue weighted by Gasteiger charge is 2.25. The van der Waals surface area contributed by atoms with Crippen molar-refractivity contribution in [3.8, 4) is 0 Å². The van der Waals surface area contributed by atoms with Gasteiger partial charge in [0.1, 0.15) is 6.04 Å². The summed E-state index contributed by atoms with van der Waals surface area (Å²) in [5.74, 6) is -0.187. The van der Waals surface area contributed by atoms with Gasteiger partial charge in [0, 0.05) is 12.6 Å². The molecule has 1 rings (SSSR count). The number of hydrogen-bond donors (Lipinski definition) is 2. The maximum Gasteiger partial charge on any atom is 0.320 e. The van der Waals surface area contributed by atoms with E-state index in [2.05, 4.69) is 18.7 Å². The third-order valence-electron chi connectivity index (χ3n) is 3.55. The first-order chi connectivity index (χ1) is 7.02. The van der Waals surface area contributed by atoms with Gasteiger partial charge >= 0.3 is 5.97 Å². The third-order valence-corrected chi connectivity index (χ3v) is 3.55. The van der Waals surface area contributed by atoms with Gasteiger partial charge in [-0.25, -0.2) is 0 Å². The van der Waals surface area contributed by atoms with Crippen LogP contribution in [0.25, 0.3) is 0 Å². The molecule has 4 nitrogen and oxygen atoms in total. The van der Waals surface area contributed by atoms with E-state index in [-0.39, 0.29) is 0 Å². The van der Waals surface area contributed by atoms with Crippen LogP contribution in [0.3, 0.4) is 0 Å². The van der Waals surface area contributed by atoms with Crippen LogP contribution >= 0.6 is 0 Å². The van der Waals surface area contributed by atoms with E-state index in [9.17, 15) is 4.79 Å². The molecule has 0 bridgehead atoms. The van der Waals surface area contributed by atoms with Crippen molar-refractivity contribution in [2.24, 2.45) is 11.7 Å². The standard InChI is InChI=1S/C11H22N2O2/c1-8-4-3-6-13(9(8)2)7-5-10(12)11(14)15/h8-10H,3-7,12H2,1-2H3,(H,14,15)/t8?,9?,10-/m1/s1. The van der Waals surface area contributed by atoms with Crippen LogP contribution in [-0.2, 0) is 4.79 Å². The molecule has 1 saturated heterocycles. The Bertz CT molecular complexity index is 221. The molecular weight excluding hydrogens is 192 g/mol. The van der Waals surface area contributed by atoms with E-state index in [4.69, 9.17) is 10.8 Å². The van der Waals surface area contributed by atoms with Crippen molar-refractivity contribution >= 4 is 5.97 Å². The summed E-state index contributed by atoms with van der Waals surface area (Å²) in [5.41, 5.74) is 5.49. The molecule has 88 valence electrons. The van der Waals surface area contributed by atoms with Gasteiger partial charge in [-0.15, -0.1) is 0 Å². The lowest BCUT2D eigenvalue weighted by Crippen LogP contribution is -2.45. The Morgan fingerprint density at radius 3 is 2.87 bits per heavy atom. The van der Waals surface area contributed by atoms with Crippen LogP contribution in [0.2, 0.25) is 0 Å². The molecule has 0 amide bonds. The molecule has 0 aromatic rings. The zero-order valence-electron chi connectivity index (χ0n) is 9.65. The molecule has 0 aliphatic carbocycles. The number of carboxylic acid groups (broad SMARTS) is 1. The normalized spacial score (nSPS) is 30.1. The molecule has 15 heavy (non-hydrogen) atoms. The van der Waals surface area contributed by atoms with E-state index < -0.39 is 12.0 Å². The summed E-state index contributed by atoms with van der Waals surface area (Å²) < 4.78 is 0. The fraction of sp³-hybridized carbons (Fsp3) is 0.909. The summed E-state index contributed by atoms with van der Waals surface area (Å²) in [6, 6.07) is -0.158. The van der Waals surface area contributed by atoms with Crippen molar-refractivity contribution in [2.45, 2.75) is 45.2 Å². The Balaban J connectivity index is 2.34. The molecule has 3 atom stereocenters. The summed E-state index contributed by atoms with van der Waals surface area (Å²) >= 11 is 0. The van der Waals surface area contributed by atoms with Crippen molar-refractivity contribution in [1.82, 2.24) is 4.90 Å². The lowest BCUT2D eigenvalue weighted by molar-refractivity contribution is -0.138. The molecule has 0 saturated carbocycles. The quantitative estimate of drug-likeness (QED) is 0.730. The Morgan fingerprint density at radius 2 is 2.27 bits per heavy atom. The van der Waals surface area contributed by atoms with Crippen molar-refractivity contribution in [3.05, 3.63) is 0 Å². The molecule has 2 unspecified atom stereocenters. The molecule has 0 aromatic heterocycles. The third kappa shape index (κ3) is 3.47. The minimum Gasteiger partial charge on any atom is -0.480 e. The van der Waals surface area contributed by atoms with E-state index in [0.717, 1.165) is 13.1 Å². The number of rotatable bonds is 4. The SMILES string of the molecule is CC1CCCN(CC[C@@H](N)C(=O)O)C1C. The van der Waals surface area contributed by atoms with Crippen molar-refractivity contribution < 1.29 is 9.90 Å². The van der Waals surface area contributed by atoms with Gasteiger partial charge in [0.25, 0.3) is 0 Å². The maximum atomic E-state index is 10.6. The number of carbonyl (C=O) groups is 1. The minimum absolute atomic E-state index is 0.548. The molecule has 1 fully saturated rings. The topological polar surface area (TPSA) is 66.6 Å². The highest BCUT2D eigenvalue weighted by molar-refractivity contribution is 5.72. The lowest BCUT2D eigenvalue weighted by Gasteiger charge is -2.38. The highest BCUT2D eigenvalue weighted by Crippen LogP contribution is 2.22. The molecule has 1 heterocycles. The largest absolute Gasteiger partial charge is 0.480 e. The van der Waals surface area contributed by atoms with E-state index in [1.165, 1.54) is 12.8 Å². The zero-order chi connectivity index (χ0) is 11.4. The van der Waals surface area contributed by atoms with E-state index in [0.29, 0.717) is 18.4 Å². The number of carboxylic acids is 1. The fourth-order valence-corrected chi connectivity index (χ4v) is 2.16. The van der Waals surface area contributed by atoms with Gasteiger partial charge in [0.2, 0.25) is 0 Å². The van der Waals surface area contributed by atoms with Crippen LogP contribution in [0.5, 0.6) is 0 Å². The summed E-state index contributed by atoms with van der Waals surface area (Å²) in [6.07, 6.45) is 3.04. The summed E-state index contributed by atoms with van der Waals surface area (Å²) in [4.78, 5) is 12.9. The van der Waals surface area contributed by atoms with Gasteiger partial charge in [0.15, 0.2) is 0 Å². The van der Waals surface area contributed by atoms with Crippen LogP contribution in [0.1, 0.15) is 33.1 Å². The van der Waals surface area contributed by atoms with Crippen LogP contribution in [0, 0.1) is 5.92 Å². The second kappa shape index (κ2) is 5.47. The van der Waals surface area contributed by atoms with E-state index in [1.807, 2.05) is 0 Å². The summed E-state index contributed by atoms with van der Waals surface area (Å²) in [6.45, 7) is 6.36. The summed E-state index contributed by atoms with van der Waals surface area (Å²) in [7, 11) is 0. The van der Waals surface area contributed by atoms with Crippen LogP contribution < -0.4 is 5.73 Å². The number of nitrogens with zero attached hydrogens (tertiary/aromatic N) is 1. The molecule has 0 radical (unpaired) electrons. The predicted molar refractivity (Wildman–Crippen MR) is 59.7 cm³/mol. The molecule has 0 spiro atoms. The average Bonchev–Trinajstić information content (AvgIpc) is 2.19. The molecule has 3 N–H and O–H groups in total. The molecular formula is C11H22N2O2. The maximum absolute atomic E-state index is 10.6. The highest BCUT2D eigenvalue weighted by atomic mass is 16.4. The Kier molecular flexibility index (Phi) is 4.54. The molecule has 1 aliphatic heterocycles. The number of nitrogens with two attached hydrogens (primary N) is 1. The van der Waals surface area contributed by atoms with Gasteiger partial charge in [-0.05, 0) is 38.6 Å². The van der Waals surface area contributed by atoms with Crippen molar-refractivity contribution in [1.29, 1.82) is 0 Å². The second-order valence-corrected chi connectivity index (χ2v) is 4.63. The number of piperidine rings is 1. The molecule has 0 aromatic carbocycles. The Morgan fingerprint density at radius 1 is 1.60 bits per heavy atom. The Hall–Kier alpha value is -0.610. The fourth-order valence-electron chi connectivity index (χ4n) is 2.16. The average molecular weight is 214 g/mol. The van der Waals surface area contributed by atoms with Gasteiger partial charge in [0.05, 0.1) is 0 Å².